The molecule has 2 rings (SSSR count). The highest BCUT2D eigenvalue weighted by Crippen LogP contribution is 2.33. The second-order valence-corrected chi connectivity index (χ2v) is 6.03. The first-order chi connectivity index (χ1) is 9.52. The normalized spacial score (nSPS) is 18.2. The number of benzene rings is 1. The molecule has 0 aromatic heterocycles. The first-order valence-electron chi connectivity index (χ1n) is 6.95. The zero-order chi connectivity index (χ0) is 14.7. The zero-order valence-corrected chi connectivity index (χ0v) is 13.4. The third kappa shape index (κ3) is 3.30. The van der Waals surface area contributed by atoms with Gasteiger partial charge in [-0.25, -0.2) is 0 Å². The van der Waals surface area contributed by atoms with Gasteiger partial charge in [0.25, 0.3) is 5.69 Å². The van der Waals surface area contributed by atoms with Crippen molar-refractivity contribution in [2.75, 3.05) is 24.5 Å². The lowest BCUT2D eigenvalue weighted by Gasteiger charge is -2.27. The Morgan fingerprint density at radius 2 is 2.30 bits per heavy atom. The lowest BCUT2D eigenvalue weighted by Crippen LogP contribution is -2.37. The van der Waals surface area contributed by atoms with E-state index in [-0.39, 0.29) is 10.6 Å². The highest BCUT2D eigenvalue weighted by atomic mass is 79.9. The Bertz CT molecular complexity index is 501. The second-order valence-electron chi connectivity index (χ2n) is 5.18. The van der Waals surface area contributed by atoms with Crippen LogP contribution in [0.25, 0.3) is 0 Å². The molecule has 1 N–H and O–H groups in total. The molecule has 1 aliphatic heterocycles. The summed E-state index contributed by atoms with van der Waals surface area (Å²) >= 11 is 3.47. The molecule has 6 heteroatoms. The van der Waals surface area contributed by atoms with Crippen LogP contribution in [0.4, 0.5) is 11.4 Å². The monoisotopic (exact) mass is 341 g/mol. The minimum atomic E-state index is -0.335. The maximum Gasteiger partial charge on any atom is 0.273 e. The van der Waals surface area contributed by atoms with Gasteiger partial charge in [0.05, 0.1) is 10.6 Å². The van der Waals surface area contributed by atoms with Gasteiger partial charge in [-0.2, -0.15) is 0 Å². The van der Waals surface area contributed by atoms with E-state index in [1.807, 2.05) is 6.07 Å². The van der Waals surface area contributed by atoms with Gasteiger partial charge < -0.3 is 10.2 Å². The predicted octanol–water partition coefficient (Wildman–Crippen LogP) is 3.24. The summed E-state index contributed by atoms with van der Waals surface area (Å²) in [7, 11) is 0. The molecule has 1 fully saturated rings. The lowest BCUT2D eigenvalue weighted by atomic mass is 10.1. The smallest absolute Gasteiger partial charge is 0.273 e. The van der Waals surface area contributed by atoms with Crippen molar-refractivity contribution < 1.29 is 4.92 Å². The third-order valence-corrected chi connectivity index (χ3v) is 4.42. The number of likely N-dealkylation sites (N-methyl/N-ethyl adjacent to an activating group) is 1. The number of anilines is 1. The molecule has 0 aliphatic carbocycles. The van der Waals surface area contributed by atoms with E-state index >= 15 is 0 Å². The summed E-state index contributed by atoms with van der Waals surface area (Å²) in [5.41, 5.74) is 1.89. The molecule has 0 amide bonds. The number of halogens is 1. The molecule has 0 bridgehead atoms. The van der Waals surface area contributed by atoms with Gasteiger partial charge in [0.15, 0.2) is 0 Å². The van der Waals surface area contributed by atoms with E-state index in [9.17, 15) is 10.1 Å². The van der Waals surface area contributed by atoms with Gasteiger partial charge in [-0.3, -0.25) is 10.1 Å². The van der Waals surface area contributed by atoms with Gasteiger partial charge in [0, 0.05) is 35.2 Å². The van der Waals surface area contributed by atoms with E-state index in [1.165, 1.54) is 12.8 Å². The van der Waals surface area contributed by atoms with Crippen molar-refractivity contribution >= 4 is 27.3 Å². The number of aryl methyl sites for hydroxylation is 1. The van der Waals surface area contributed by atoms with Gasteiger partial charge in [-0.1, -0.05) is 0 Å². The zero-order valence-electron chi connectivity index (χ0n) is 11.9. The van der Waals surface area contributed by atoms with Crippen LogP contribution < -0.4 is 10.2 Å². The Morgan fingerprint density at radius 3 is 2.85 bits per heavy atom. The average molecular weight is 342 g/mol. The summed E-state index contributed by atoms with van der Waals surface area (Å²) in [6.45, 7) is 6.80. The predicted molar refractivity (Wildman–Crippen MR) is 84.4 cm³/mol. The average Bonchev–Trinajstić information content (AvgIpc) is 2.91. The molecule has 1 atom stereocenters. The SMILES string of the molecule is CCN(CC1CCCN1)c1cc(C)c([N+](=O)[O-])cc1Br. The molecule has 1 aromatic carbocycles. The van der Waals surface area contributed by atoms with Gasteiger partial charge in [-0.15, -0.1) is 0 Å². The Kier molecular flexibility index (Phi) is 4.99. The Balaban J connectivity index is 2.24. The van der Waals surface area contributed by atoms with Gasteiger partial charge in [0.1, 0.15) is 0 Å². The summed E-state index contributed by atoms with van der Waals surface area (Å²) in [5, 5.41) is 14.5. The molecule has 20 heavy (non-hydrogen) atoms. The Morgan fingerprint density at radius 1 is 1.55 bits per heavy atom. The Hall–Kier alpha value is -1.14. The van der Waals surface area contributed by atoms with Crippen LogP contribution in [0.5, 0.6) is 0 Å². The molecule has 1 heterocycles. The van der Waals surface area contributed by atoms with Crippen molar-refractivity contribution in [1.29, 1.82) is 0 Å². The first kappa shape index (κ1) is 15.3. The fraction of sp³-hybridized carbons (Fsp3) is 0.571. The number of nitro benzene ring substituents is 1. The number of hydrogen-bond acceptors (Lipinski definition) is 4. The Labute approximate surface area is 127 Å². The largest absolute Gasteiger partial charge is 0.369 e. The van der Waals surface area contributed by atoms with Crippen molar-refractivity contribution in [2.45, 2.75) is 32.7 Å². The van der Waals surface area contributed by atoms with E-state index < -0.39 is 0 Å². The molecule has 1 aliphatic rings. The van der Waals surface area contributed by atoms with Gasteiger partial charge >= 0.3 is 0 Å². The molecular weight excluding hydrogens is 322 g/mol. The molecule has 0 spiro atoms. The number of nitro groups is 1. The second kappa shape index (κ2) is 6.54. The number of nitrogens with one attached hydrogen (secondary N) is 1. The van der Waals surface area contributed by atoms with Crippen molar-refractivity contribution in [3.05, 3.63) is 32.3 Å². The van der Waals surface area contributed by atoms with Gasteiger partial charge in [-0.05, 0) is 55.2 Å². The van der Waals surface area contributed by atoms with Crippen LogP contribution >= 0.6 is 15.9 Å². The molecule has 0 saturated carbocycles. The molecule has 110 valence electrons. The van der Waals surface area contributed by atoms with Crippen LogP contribution in [0.15, 0.2) is 16.6 Å². The van der Waals surface area contributed by atoms with Crippen LogP contribution in [0.3, 0.4) is 0 Å². The van der Waals surface area contributed by atoms with Crippen molar-refractivity contribution in [3.8, 4) is 0 Å². The van der Waals surface area contributed by atoms with Crippen LogP contribution in [0.2, 0.25) is 0 Å². The maximum atomic E-state index is 11.0. The van der Waals surface area contributed by atoms with Crippen molar-refractivity contribution in [1.82, 2.24) is 5.32 Å². The fourth-order valence-corrected chi connectivity index (χ4v) is 3.25. The number of rotatable bonds is 5. The molecule has 5 nitrogen and oxygen atoms in total. The lowest BCUT2D eigenvalue weighted by molar-refractivity contribution is -0.385. The van der Waals surface area contributed by atoms with Crippen LogP contribution in [-0.4, -0.2) is 30.6 Å². The fourth-order valence-electron chi connectivity index (χ4n) is 2.67. The number of nitrogens with zero attached hydrogens (tertiary/aromatic N) is 2. The van der Waals surface area contributed by atoms with E-state index in [2.05, 4.69) is 33.1 Å². The molecule has 0 radical (unpaired) electrons. The minimum Gasteiger partial charge on any atom is -0.369 e. The summed E-state index contributed by atoms with van der Waals surface area (Å²) in [6.07, 6.45) is 2.42. The van der Waals surface area contributed by atoms with E-state index in [0.717, 1.165) is 29.8 Å². The van der Waals surface area contributed by atoms with Crippen LogP contribution in [0, 0.1) is 17.0 Å². The van der Waals surface area contributed by atoms with E-state index in [1.54, 1.807) is 13.0 Å². The summed E-state index contributed by atoms with van der Waals surface area (Å²) in [5.74, 6) is 0. The number of hydrogen-bond donors (Lipinski definition) is 1. The summed E-state index contributed by atoms with van der Waals surface area (Å²) in [4.78, 5) is 12.9. The van der Waals surface area contributed by atoms with E-state index in [0.29, 0.717) is 11.6 Å². The standard InChI is InChI=1S/C14H20BrN3O2/c1-3-17(9-11-5-4-6-16-11)14-7-10(2)13(18(19)20)8-12(14)15/h7-8,11,16H,3-6,9H2,1-2H3. The molecule has 1 unspecified atom stereocenters. The third-order valence-electron chi connectivity index (χ3n) is 3.79. The minimum absolute atomic E-state index is 0.163. The molecular formula is C14H20BrN3O2. The van der Waals surface area contributed by atoms with Crippen LogP contribution in [0.1, 0.15) is 25.3 Å². The summed E-state index contributed by atoms with van der Waals surface area (Å²) in [6, 6.07) is 4.02. The quantitative estimate of drug-likeness (QED) is 0.659. The van der Waals surface area contributed by atoms with Gasteiger partial charge in [0.2, 0.25) is 0 Å². The molecule has 1 aromatic rings. The maximum absolute atomic E-state index is 11.0. The summed E-state index contributed by atoms with van der Waals surface area (Å²) < 4.78 is 0.787. The van der Waals surface area contributed by atoms with Crippen LogP contribution in [-0.2, 0) is 0 Å². The highest BCUT2D eigenvalue weighted by molar-refractivity contribution is 9.10. The topological polar surface area (TPSA) is 58.4 Å². The van der Waals surface area contributed by atoms with E-state index in [4.69, 9.17) is 0 Å². The molecule has 1 saturated heterocycles. The highest BCUT2D eigenvalue weighted by Gasteiger charge is 2.21. The van der Waals surface area contributed by atoms with Crippen molar-refractivity contribution in [3.63, 3.8) is 0 Å². The van der Waals surface area contributed by atoms with Crippen molar-refractivity contribution in [2.24, 2.45) is 0 Å². The first-order valence-corrected chi connectivity index (χ1v) is 7.75.